The van der Waals surface area contributed by atoms with Gasteiger partial charge in [-0.2, -0.15) is 5.26 Å². The summed E-state index contributed by atoms with van der Waals surface area (Å²) in [5.41, 5.74) is 7.66. The molecule has 0 aliphatic carbocycles. The molecule has 0 unspecified atom stereocenters. The van der Waals surface area contributed by atoms with E-state index in [0.29, 0.717) is 18.7 Å². The number of unbranched alkanes of at least 4 members (excludes halogenated alkanes) is 1. The summed E-state index contributed by atoms with van der Waals surface area (Å²) in [6.45, 7) is 5.41. The fourth-order valence-corrected chi connectivity index (χ4v) is 2.22. The third-order valence-corrected chi connectivity index (χ3v) is 3.45. The molecule has 0 fully saturated rings. The number of hydrogen-bond donors (Lipinski definition) is 1. The number of hydrogen-bond acceptors (Lipinski definition) is 3. The Balaban J connectivity index is 2.71. The lowest BCUT2D eigenvalue weighted by Crippen LogP contribution is -2.43. The highest BCUT2D eigenvalue weighted by atomic mass is 16.2. The molecule has 1 amide bonds. The van der Waals surface area contributed by atoms with E-state index in [-0.39, 0.29) is 5.91 Å². The Morgan fingerprint density at radius 3 is 2.48 bits per heavy atom. The van der Waals surface area contributed by atoms with E-state index in [0.717, 1.165) is 31.2 Å². The minimum Gasteiger partial charge on any atom is -0.337 e. The number of nitriles is 1. The fourth-order valence-electron chi connectivity index (χ4n) is 2.22. The third kappa shape index (κ3) is 5.57. The van der Waals surface area contributed by atoms with E-state index >= 15 is 0 Å². The third-order valence-electron chi connectivity index (χ3n) is 3.45. The number of benzene rings is 1. The number of carbonyl (C=O) groups excluding carboxylic acids is 1. The van der Waals surface area contributed by atoms with Crippen molar-refractivity contribution in [1.29, 1.82) is 5.26 Å². The average Bonchev–Trinajstić information content (AvgIpc) is 2.52. The summed E-state index contributed by atoms with van der Waals surface area (Å²) in [5, 5.41) is 8.81. The van der Waals surface area contributed by atoms with Crippen LogP contribution >= 0.6 is 0 Å². The lowest BCUT2D eigenvalue weighted by atomic mass is 10.1. The molecule has 0 aliphatic heterocycles. The number of carbonyl (C=O) groups is 1. The monoisotopic (exact) mass is 287 g/mol. The molecule has 0 saturated heterocycles. The molecule has 1 aromatic carbocycles. The number of rotatable bonds is 8. The summed E-state index contributed by atoms with van der Waals surface area (Å²) in [4.78, 5) is 14.2. The van der Waals surface area contributed by atoms with Crippen LogP contribution in [0.2, 0.25) is 0 Å². The molecule has 0 aromatic heterocycles. The zero-order chi connectivity index (χ0) is 15.7. The summed E-state index contributed by atoms with van der Waals surface area (Å²) in [6.07, 6.45) is 3.67. The van der Waals surface area contributed by atoms with Gasteiger partial charge in [0.1, 0.15) is 0 Å². The molecular formula is C17H25N3O. The predicted octanol–water partition coefficient (Wildman–Crippen LogP) is 2.81. The van der Waals surface area contributed by atoms with Gasteiger partial charge in [-0.05, 0) is 30.5 Å². The highest BCUT2D eigenvalue weighted by Crippen LogP contribution is 2.10. The van der Waals surface area contributed by atoms with Gasteiger partial charge in [0.2, 0.25) is 5.91 Å². The van der Waals surface area contributed by atoms with Crippen LogP contribution in [-0.4, -0.2) is 23.4 Å². The van der Waals surface area contributed by atoms with Crippen LogP contribution in [-0.2, 0) is 11.3 Å². The second-order valence-electron chi connectivity index (χ2n) is 5.32. The second kappa shape index (κ2) is 9.15. The number of nitrogens with two attached hydrogens (primary N) is 1. The molecule has 0 radical (unpaired) electrons. The van der Waals surface area contributed by atoms with Crippen LogP contribution in [0.3, 0.4) is 0 Å². The van der Waals surface area contributed by atoms with E-state index < -0.39 is 6.04 Å². The maximum Gasteiger partial charge on any atom is 0.239 e. The Morgan fingerprint density at radius 1 is 1.29 bits per heavy atom. The quantitative estimate of drug-likeness (QED) is 0.799. The maximum atomic E-state index is 12.4. The average molecular weight is 287 g/mol. The van der Waals surface area contributed by atoms with Crippen molar-refractivity contribution in [3.63, 3.8) is 0 Å². The summed E-state index contributed by atoms with van der Waals surface area (Å²) in [5.74, 6) is 0.0228. The SMILES string of the molecule is CCCC[C@H](N)C(=O)N(CCC)Cc1ccc(C#N)cc1. The Bertz CT molecular complexity index is 476. The molecule has 1 atom stereocenters. The first kappa shape index (κ1) is 17.2. The van der Waals surface area contributed by atoms with Gasteiger partial charge in [0.25, 0.3) is 0 Å². The molecule has 1 aromatic rings. The Hall–Kier alpha value is -1.86. The molecule has 0 heterocycles. The Labute approximate surface area is 127 Å². The molecule has 0 spiro atoms. The van der Waals surface area contributed by atoms with E-state index in [4.69, 9.17) is 11.0 Å². The van der Waals surface area contributed by atoms with Gasteiger partial charge >= 0.3 is 0 Å². The zero-order valence-electron chi connectivity index (χ0n) is 13.0. The van der Waals surface area contributed by atoms with Crippen molar-refractivity contribution < 1.29 is 4.79 Å². The number of nitrogens with zero attached hydrogens (tertiary/aromatic N) is 2. The second-order valence-corrected chi connectivity index (χ2v) is 5.32. The van der Waals surface area contributed by atoms with Crippen molar-refractivity contribution in [2.24, 2.45) is 5.73 Å². The van der Waals surface area contributed by atoms with Gasteiger partial charge in [0, 0.05) is 13.1 Å². The fraction of sp³-hybridized carbons (Fsp3) is 0.529. The minimum absolute atomic E-state index is 0.0228. The summed E-state index contributed by atoms with van der Waals surface area (Å²) < 4.78 is 0. The molecule has 4 heteroatoms. The Morgan fingerprint density at radius 2 is 1.95 bits per heavy atom. The maximum absolute atomic E-state index is 12.4. The normalized spacial score (nSPS) is 11.7. The van der Waals surface area contributed by atoms with E-state index in [9.17, 15) is 4.79 Å². The van der Waals surface area contributed by atoms with Gasteiger partial charge < -0.3 is 10.6 Å². The minimum atomic E-state index is -0.408. The highest BCUT2D eigenvalue weighted by Gasteiger charge is 2.20. The molecule has 0 bridgehead atoms. The van der Waals surface area contributed by atoms with Crippen LogP contribution in [0.15, 0.2) is 24.3 Å². The van der Waals surface area contributed by atoms with Crippen LogP contribution in [0.4, 0.5) is 0 Å². The Kier molecular flexibility index (Phi) is 7.49. The van der Waals surface area contributed by atoms with Crippen LogP contribution < -0.4 is 5.73 Å². The van der Waals surface area contributed by atoms with E-state index in [2.05, 4.69) is 19.9 Å². The summed E-state index contributed by atoms with van der Waals surface area (Å²) in [6, 6.07) is 9.04. The first-order chi connectivity index (χ1) is 10.1. The number of amides is 1. The summed E-state index contributed by atoms with van der Waals surface area (Å²) >= 11 is 0. The highest BCUT2D eigenvalue weighted by molar-refractivity contribution is 5.81. The van der Waals surface area contributed by atoms with Crippen molar-refractivity contribution in [2.75, 3.05) is 6.54 Å². The lowest BCUT2D eigenvalue weighted by Gasteiger charge is -2.25. The summed E-state index contributed by atoms with van der Waals surface area (Å²) in [7, 11) is 0. The van der Waals surface area contributed by atoms with E-state index in [1.165, 1.54) is 0 Å². The molecule has 21 heavy (non-hydrogen) atoms. The van der Waals surface area contributed by atoms with Gasteiger partial charge in [0.15, 0.2) is 0 Å². The molecule has 0 saturated carbocycles. The van der Waals surface area contributed by atoms with Crippen LogP contribution in [0.25, 0.3) is 0 Å². The van der Waals surface area contributed by atoms with Crippen LogP contribution in [0, 0.1) is 11.3 Å². The van der Waals surface area contributed by atoms with Gasteiger partial charge in [-0.25, -0.2) is 0 Å². The van der Waals surface area contributed by atoms with Crippen LogP contribution in [0.1, 0.15) is 50.7 Å². The lowest BCUT2D eigenvalue weighted by molar-refractivity contribution is -0.133. The van der Waals surface area contributed by atoms with E-state index in [1.807, 2.05) is 17.0 Å². The van der Waals surface area contributed by atoms with Crippen molar-refractivity contribution in [3.8, 4) is 6.07 Å². The van der Waals surface area contributed by atoms with Gasteiger partial charge in [-0.1, -0.05) is 38.8 Å². The van der Waals surface area contributed by atoms with Crippen LogP contribution in [0.5, 0.6) is 0 Å². The molecular weight excluding hydrogens is 262 g/mol. The molecule has 2 N–H and O–H groups in total. The van der Waals surface area contributed by atoms with E-state index in [1.54, 1.807) is 12.1 Å². The molecule has 4 nitrogen and oxygen atoms in total. The van der Waals surface area contributed by atoms with Crippen molar-refractivity contribution in [3.05, 3.63) is 35.4 Å². The van der Waals surface area contributed by atoms with Gasteiger partial charge in [-0.15, -0.1) is 0 Å². The zero-order valence-corrected chi connectivity index (χ0v) is 13.0. The van der Waals surface area contributed by atoms with Crippen molar-refractivity contribution in [1.82, 2.24) is 4.90 Å². The molecule has 114 valence electrons. The molecule has 1 rings (SSSR count). The smallest absolute Gasteiger partial charge is 0.239 e. The topological polar surface area (TPSA) is 70.1 Å². The van der Waals surface area contributed by atoms with Gasteiger partial charge in [-0.3, -0.25) is 4.79 Å². The molecule has 0 aliphatic rings. The standard InChI is InChI=1S/C17H25N3O/c1-3-5-6-16(19)17(21)20(11-4-2)13-15-9-7-14(12-18)8-10-15/h7-10,16H,3-6,11,13,19H2,1-2H3/t16-/m0/s1. The van der Waals surface area contributed by atoms with Gasteiger partial charge in [0.05, 0.1) is 17.7 Å². The largest absolute Gasteiger partial charge is 0.337 e. The first-order valence-electron chi connectivity index (χ1n) is 7.65. The van der Waals surface area contributed by atoms with Crippen molar-refractivity contribution >= 4 is 5.91 Å². The van der Waals surface area contributed by atoms with Crippen molar-refractivity contribution in [2.45, 2.75) is 52.1 Å². The first-order valence-corrected chi connectivity index (χ1v) is 7.65. The predicted molar refractivity (Wildman–Crippen MR) is 84.4 cm³/mol.